The smallest absolute Gasteiger partial charge is 0.208 e. The average molecular weight is 184 g/mol. The molecule has 2 radical (unpaired) electrons. The maximum atomic E-state index is 13.0. The van der Waals surface area contributed by atoms with Crippen LogP contribution in [0.5, 0.6) is 0 Å². The molecule has 0 bridgehead atoms. The van der Waals surface area contributed by atoms with Crippen LogP contribution in [0.2, 0.25) is 0 Å². The third kappa shape index (κ3) is 1.89. The number of hydrogen-bond acceptors (Lipinski definition) is 3. The standard InChI is InChI=1S/C7H10BFN2O2/c1-4(2)6-5(9)3-10-11(6)7(8,12)13/h3-4,12-13H,1-2H3. The second-order valence-corrected chi connectivity index (χ2v) is 3.13. The van der Waals surface area contributed by atoms with Crippen LogP contribution in [0.25, 0.3) is 0 Å². The zero-order chi connectivity index (χ0) is 10.2. The molecule has 4 nitrogen and oxygen atoms in total. The number of halogens is 1. The van der Waals surface area contributed by atoms with Gasteiger partial charge in [-0.25, -0.2) is 9.07 Å². The highest BCUT2D eigenvalue weighted by molar-refractivity contribution is 6.11. The summed E-state index contributed by atoms with van der Waals surface area (Å²) in [5, 5.41) is 21.4. The van der Waals surface area contributed by atoms with Crippen molar-refractivity contribution in [3.8, 4) is 0 Å². The number of rotatable bonds is 2. The lowest BCUT2D eigenvalue weighted by Gasteiger charge is -2.21. The quantitative estimate of drug-likeness (QED) is 0.497. The van der Waals surface area contributed by atoms with Crippen LogP contribution in [0.3, 0.4) is 0 Å². The van der Waals surface area contributed by atoms with E-state index in [1.54, 1.807) is 13.8 Å². The van der Waals surface area contributed by atoms with Crippen LogP contribution in [0.4, 0.5) is 4.39 Å². The Labute approximate surface area is 76.4 Å². The molecule has 1 aromatic rings. The second kappa shape index (κ2) is 3.12. The highest BCUT2D eigenvalue weighted by Gasteiger charge is 2.25. The van der Waals surface area contributed by atoms with Crippen LogP contribution in [-0.4, -0.2) is 27.8 Å². The number of nitrogens with zero attached hydrogens (tertiary/aromatic N) is 2. The molecule has 0 aromatic carbocycles. The fourth-order valence-corrected chi connectivity index (χ4v) is 1.12. The lowest BCUT2D eigenvalue weighted by Crippen LogP contribution is -2.36. The Morgan fingerprint density at radius 2 is 2.15 bits per heavy atom. The molecule has 1 aromatic heterocycles. The van der Waals surface area contributed by atoms with Crippen LogP contribution in [0, 0.1) is 5.82 Å². The average Bonchev–Trinajstić information content (AvgIpc) is 2.28. The normalized spacial score (nSPS) is 12.5. The molecule has 70 valence electrons. The summed E-state index contributed by atoms with van der Waals surface area (Å²) >= 11 is 0. The molecule has 0 spiro atoms. The lowest BCUT2D eigenvalue weighted by molar-refractivity contribution is -0.162. The monoisotopic (exact) mass is 184 g/mol. The summed E-state index contributed by atoms with van der Waals surface area (Å²) in [5.41, 5.74) is 0.0625. The van der Waals surface area contributed by atoms with E-state index in [0.717, 1.165) is 6.20 Å². The van der Waals surface area contributed by atoms with Gasteiger partial charge in [0.05, 0.1) is 11.9 Å². The van der Waals surface area contributed by atoms with Gasteiger partial charge in [0.25, 0.3) is 0 Å². The summed E-state index contributed by atoms with van der Waals surface area (Å²) in [6.45, 7) is 3.39. The highest BCUT2D eigenvalue weighted by Crippen LogP contribution is 2.20. The number of aliphatic hydroxyl groups is 2. The first-order valence-electron chi connectivity index (χ1n) is 3.81. The molecule has 0 saturated heterocycles. The van der Waals surface area contributed by atoms with Crippen molar-refractivity contribution in [1.82, 2.24) is 9.78 Å². The SMILES string of the molecule is [B]C(O)(O)n1ncc(F)c1C(C)C. The molecule has 6 heteroatoms. The van der Waals surface area contributed by atoms with E-state index in [-0.39, 0.29) is 11.6 Å². The first-order valence-corrected chi connectivity index (χ1v) is 3.81. The topological polar surface area (TPSA) is 58.3 Å². The maximum Gasteiger partial charge on any atom is 0.208 e. The summed E-state index contributed by atoms with van der Waals surface area (Å²) in [7, 11) is 4.95. The van der Waals surface area contributed by atoms with Crippen molar-refractivity contribution < 1.29 is 14.6 Å². The van der Waals surface area contributed by atoms with Crippen LogP contribution < -0.4 is 0 Å². The zero-order valence-electron chi connectivity index (χ0n) is 7.40. The van der Waals surface area contributed by atoms with Crippen LogP contribution in [0.1, 0.15) is 25.5 Å². The molecule has 0 unspecified atom stereocenters. The molecule has 1 rings (SSSR count). The number of aromatic nitrogens is 2. The summed E-state index contributed by atoms with van der Waals surface area (Å²) < 4.78 is 13.7. The van der Waals surface area contributed by atoms with Crippen molar-refractivity contribution in [3.05, 3.63) is 17.7 Å². The van der Waals surface area contributed by atoms with Gasteiger partial charge in [-0.2, -0.15) is 5.10 Å². The van der Waals surface area contributed by atoms with Gasteiger partial charge in [-0.3, -0.25) is 0 Å². The van der Waals surface area contributed by atoms with Crippen LogP contribution in [0.15, 0.2) is 6.20 Å². The molecule has 0 aliphatic carbocycles. The van der Waals surface area contributed by atoms with Gasteiger partial charge < -0.3 is 10.2 Å². The molecule has 0 saturated carbocycles. The summed E-state index contributed by atoms with van der Waals surface area (Å²) in [6.07, 6.45) is 0.892. The Hall–Kier alpha value is -0.875. The first kappa shape index (κ1) is 10.2. The van der Waals surface area contributed by atoms with Gasteiger partial charge in [-0.15, -0.1) is 0 Å². The molecule has 0 amide bonds. The van der Waals surface area contributed by atoms with Gasteiger partial charge in [-0.1, -0.05) is 13.8 Å². The Balaban J connectivity index is 3.23. The Bertz CT molecular complexity index is 306. The molecule has 0 fully saturated rings. The second-order valence-electron chi connectivity index (χ2n) is 3.13. The molecule has 0 atom stereocenters. The molecule has 1 heterocycles. The zero-order valence-corrected chi connectivity index (χ0v) is 7.40. The van der Waals surface area contributed by atoms with E-state index in [2.05, 4.69) is 5.10 Å². The summed E-state index contributed by atoms with van der Waals surface area (Å²) in [5.74, 6) is -3.48. The molecule has 0 aliphatic rings. The molecule has 13 heavy (non-hydrogen) atoms. The van der Waals surface area contributed by atoms with Crippen molar-refractivity contribution in [3.63, 3.8) is 0 Å². The van der Waals surface area contributed by atoms with Crippen molar-refractivity contribution in [2.45, 2.75) is 25.6 Å². The third-order valence-electron chi connectivity index (χ3n) is 1.62. The Morgan fingerprint density at radius 1 is 1.62 bits per heavy atom. The van der Waals surface area contributed by atoms with Crippen LogP contribution in [-0.2, 0) is 5.81 Å². The molecule has 0 aliphatic heterocycles. The van der Waals surface area contributed by atoms with Gasteiger partial charge in [-0.05, 0) is 5.92 Å². The van der Waals surface area contributed by atoms with Gasteiger partial charge in [0.15, 0.2) is 13.7 Å². The van der Waals surface area contributed by atoms with E-state index >= 15 is 0 Å². The summed E-state index contributed by atoms with van der Waals surface area (Å²) in [6, 6.07) is 0. The minimum atomic E-state index is -2.65. The highest BCUT2D eigenvalue weighted by atomic mass is 19.1. The van der Waals surface area contributed by atoms with E-state index in [4.69, 9.17) is 18.1 Å². The fourth-order valence-electron chi connectivity index (χ4n) is 1.12. The largest absolute Gasteiger partial charge is 0.356 e. The number of hydrogen-bond donors (Lipinski definition) is 2. The molecule has 2 N–H and O–H groups in total. The molecular formula is C7H10BFN2O2. The van der Waals surface area contributed by atoms with E-state index in [0.29, 0.717) is 4.68 Å². The minimum Gasteiger partial charge on any atom is -0.356 e. The van der Waals surface area contributed by atoms with Gasteiger partial charge in [0.2, 0.25) is 5.81 Å². The third-order valence-corrected chi connectivity index (χ3v) is 1.62. The van der Waals surface area contributed by atoms with Gasteiger partial charge in [0, 0.05) is 0 Å². The fraction of sp³-hybridized carbons (Fsp3) is 0.571. The van der Waals surface area contributed by atoms with Gasteiger partial charge >= 0.3 is 0 Å². The van der Waals surface area contributed by atoms with Crippen LogP contribution >= 0.6 is 0 Å². The first-order chi connectivity index (χ1) is 5.84. The Morgan fingerprint density at radius 3 is 2.46 bits per heavy atom. The van der Waals surface area contributed by atoms with Crippen molar-refractivity contribution in [1.29, 1.82) is 0 Å². The van der Waals surface area contributed by atoms with Crippen molar-refractivity contribution >= 4 is 7.85 Å². The predicted octanol–water partition coefficient (Wildman–Crippen LogP) is -0.134. The Kier molecular flexibility index (Phi) is 2.45. The van der Waals surface area contributed by atoms with E-state index < -0.39 is 11.6 Å². The van der Waals surface area contributed by atoms with E-state index in [1.165, 1.54) is 0 Å². The van der Waals surface area contributed by atoms with Gasteiger partial charge in [0.1, 0.15) is 0 Å². The summed E-state index contributed by atoms with van der Waals surface area (Å²) in [4.78, 5) is 0. The van der Waals surface area contributed by atoms with Crippen molar-refractivity contribution in [2.24, 2.45) is 0 Å². The van der Waals surface area contributed by atoms with E-state index in [1.807, 2.05) is 0 Å². The van der Waals surface area contributed by atoms with Crippen molar-refractivity contribution in [2.75, 3.05) is 0 Å². The van der Waals surface area contributed by atoms with E-state index in [9.17, 15) is 4.39 Å². The maximum absolute atomic E-state index is 13.0. The predicted molar refractivity (Wildman–Crippen MR) is 44.4 cm³/mol. The minimum absolute atomic E-state index is 0.0625. The molecular weight excluding hydrogens is 174 g/mol. The lowest BCUT2D eigenvalue weighted by atomic mass is 10.0.